The highest BCUT2D eigenvalue weighted by Crippen LogP contribution is 2.45. The van der Waals surface area contributed by atoms with E-state index in [2.05, 4.69) is 0 Å². The highest BCUT2D eigenvalue weighted by Gasteiger charge is 2.45. The summed E-state index contributed by atoms with van der Waals surface area (Å²) in [5.74, 6) is 1.33. The molecule has 2 heterocycles. The van der Waals surface area contributed by atoms with Gasteiger partial charge in [0.2, 0.25) is 0 Å². The zero-order chi connectivity index (χ0) is 22.1. The molecule has 0 amide bonds. The van der Waals surface area contributed by atoms with E-state index in [1.807, 2.05) is 37.3 Å². The fourth-order valence-corrected chi connectivity index (χ4v) is 4.52. The van der Waals surface area contributed by atoms with E-state index in [0.29, 0.717) is 42.4 Å². The van der Waals surface area contributed by atoms with E-state index in [4.69, 9.17) is 25.8 Å². The van der Waals surface area contributed by atoms with Gasteiger partial charge in [-0.2, -0.15) is 0 Å². The Morgan fingerprint density at radius 2 is 1.84 bits per heavy atom. The van der Waals surface area contributed by atoms with E-state index in [1.54, 1.807) is 0 Å². The van der Waals surface area contributed by atoms with Crippen molar-refractivity contribution in [2.75, 3.05) is 19.8 Å². The quantitative estimate of drug-likeness (QED) is 0.531. The van der Waals surface area contributed by atoms with E-state index in [-0.39, 0.29) is 0 Å². The van der Waals surface area contributed by atoms with Gasteiger partial charge in [-0.05, 0) is 42.7 Å². The van der Waals surface area contributed by atoms with Crippen LogP contribution in [0.5, 0.6) is 11.5 Å². The van der Waals surface area contributed by atoms with E-state index < -0.39 is 37.1 Å². The van der Waals surface area contributed by atoms with E-state index in [9.17, 15) is 20.4 Å². The molecule has 0 saturated carbocycles. The molecule has 0 aromatic heterocycles. The van der Waals surface area contributed by atoms with Gasteiger partial charge in [0.1, 0.15) is 42.0 Å². The standard InChI is InChI=1S/C23H27ClO7/c1-2-29-14-5-3-12(4-6-14)9-13-10-16(22-15(18(13)24)7-8-30-22)23-21(28)20(27)19(26)17(11-25)31-23/h3-6,10,17,19-21,23,25-28H,2,7-9,11H2,1H3/t17-,19-,20+,21-,23+/m0/s1. The van der Waals surface area contributed by atoms with Gasteiger partial charge in [0.05, 0.1) is 24.8 Å². The van der Waals surface area contributed by atoms with E-state index in [0.717, 1.165) is 22.4 Å². The Hall–Kier alpha value is -1.87. The number of hydrogen-bond acceptors (Lipinski definition) is 7. The molecule has 0 aliphatic carbocycles. The van der Waals surface area contributed by atoms with Crippen LogP contribution in [0.15, 0.2) is 30.3 Å². The third kappa shape index (κ3) is 4.26. The molecule has 0 spiro atoms. The molecule has 4 rings (SSSR count). The molecule has 168 valence electrons. The number of halogens is 1. The van der Waals surface area contributed by atoms with Gasteiger partial charge >= 0.3 is 0 Å². The monoisotopic (exact) mass is 450 g/mol. The van der Waals surface area contributed by atoms with Crippen LogP contribution in [0.4, 0.5) is 0 Å². The van der Waals surface area contributed by atoms with Crippen LogP contribution < -0.4 is 9.47 Å². The summed E-state index contributed by atoms with van der Waals surface area (Å²) in [6.45, 7) is 2.49. The lowest BCUT2D eigenvalue weighted by atomic mass is 9.88. The maximum absolute atomic E-state index is 10.6. The van der Waals surface area contributed by atoms with Gasteiger partial charge in [-0.3, -0.25) is 0 Å². The van der Waals surface area contributed by atoms with Crippen molar-refractivity contribution in [1.29, 1.82) is 0 Å². The van der Waals surface area contributed by atoms with Crippen molar-refractivity contribution in [3.8, 4) is 11.5 Å². The molecule has 5 atom stereocenters. The Bertz CT molecular complexity index is 915. The lowest BCUT2D eigenvalue weighted by Crippen LogP contribution is -2.55. The van der Waals surface area contributed by atoms with Crippen molar-refractivity contribution in [3.63, 3.8) is 0 Å². The molecule has 4 N–H and O–H groups in total. The van der Waals surface area contributed by atoms with Crippen LogP contribution in [0, 0.1) is 0 Å². The molecule has 1 fully saturated rings. The van der Waals surface area contributed by atoms with Gasteiger partial charge in [0.15, 0.2) is 0 Å². The summed E-state index contributed by atoms with van der Waals surface area (Å²) in [6.07, 6.45) is -5.06. The van der Waals surface area contributed by atoms with E-state index >= 15 is 0 Å². The zero-order valence-electron chi connectivity index (χ0n) is 17.2. The minimum Gasteiger partial charge on any atom is -0.494 e. The summed E-state index contributed by atoms with van der Waals surface area (Å²) in [5.41, 5.74) is 3.25. The Morgan fingerprint density at radius 3 is 2.52 bits per heavy atom. The number of aliphatic hydroxyl groups is 4. The second kappa shape index (κ2) is 9.32. The van der Waals surface area contributed by atoms with Crippen LogP contribution in [0.2, 0.25) is 5.02 Å². The molecule has 8 heteroatoms. The number of benzene rings is 2. The van der Waals surface area contributed by atoms with Crippen molar-refractivity contribution in [3.05, 3.63) is 57.6 Å². The maximum atomic E-state index is 10.6. The minimum absolute atomic E-state index is 0.450. The summed E-state index contributed by atoms with van der Waals surface area (Å²) in [6, 6.07) is 9.57. The molecule has 31 heavy (non-hydrogen) atoms. The summed E-state index contributed by atoms with van der Waals surface area (Å²) < 4.78 is 17.1. The first kappa shape index (κ1) is 22.3. The summed E-state index contributed by atoms with van der Waals surface area (Å²) >= 11 is 6.70. The second-order valence-electron chi connectivity index (χ2n) is 7.85. The fourth-order valence-electron chi connectivity index (χ4n) is 4.22. The van der Waals surface area contributed by atoms with Gasteiger partial charge in [-0.15, -0.1) is 0 Å². The van der Waals surface area contributed by atoms with Crippen LogP contribution in [-0.4, -0.2) is 64.7 Å². The van der Waals surface area contributed by atoms with Crippen molar-refractivity contribution < 1.29 is 34.6 Å². The van der Waals surface area contributed by atoms with Crippen molar-refractivity contribution in [2.45, 2.75) is 50.3 Å². The summed E-state index contributed by atoms with van der Waals surface area (Å²) in [5, 5.41) is 41.1. The first-order valence-electron chi connectivity index (χ1n) is 10.4. The lowest BCUT2D eigenvalue weighted by Gasteiger charge is -2.40. The van der Waals surface area contributed by atoms with Crippen LogP contribution in [0.3, 0.4) is 0 Å². The molecular weight excluding hydrogens is 424 g/mol. The first-order valence-corrected chi connectivity index (χ1v) is 10.8. The molecule has 2 aromatic rings. The van der Waals surface area contributed by atoms with Gasteiger partial charge in [-0.25, -0.2) is 0 Å². The summed E-state index contributed by atoms with van der Waals surface area (Å²) in [4.78, 5) is 0. The predicted molar refractivity (Wildman–Crippen MR) is 114 cm³/mol. The van der Waals surface area contributed by atoms with Gasteiger partial charge in [0.25, 0.3) is 0 Å². The maximum Gasteiger partial charge on any atom is 0.130 e. The zero-order valence-corrected chi connectivity index (χ0v) is 18.0. The highest BCUT2D eigenvalue weighted by atomic mass is 35.5. The molecule has 0 unspecified atom stereocenters. The predicted octanol–water partition coefficient (Wildman–Crippen LogP) is 1.78. The molecule has 0 bridgehead atoms. The number of fused-ring (bicyclic) bond motifs is 1. The Morgan fingerprint density at radius 1 is 1.10 bits per heavy atom. The fraction of sp³-hybridized carbons (Fsp3) is 0.478. The second-order valence-corrected chi connectivity index (χ2v) is 8.23. The lowest BCUT2D eigenvalue weighted by molar-refractivity contribution is -0.232. The minimum atomic E-state index is -1.46. The van der Waals surface area contributed by atoms with Crippen molar-refractivity contribution >= 4 is 11.6 Å². The molecular formula is C23H27ClO7. The third-order valence-corrected chi connectivity index (χ3v) is 6.31. The number of rotatable bonds is 6. The van der Waals surface area contributed by atoms with Crippen LogP contribution in [-0.2, 0) is 17.6 Å². The molecule has 2 aromatic carbocycles. The normalized spacial score (nSPS) is 27.6. The Kier molecular flexibility index (Phi) is 6.71. The largest absolute Gasteiger partial charge is 0.494 e. The molecule has 7 nitrogen and oxygen atoms in total. The first-order chi connectivity index (χ1) is 14.9. The highest BCUT2D eigenvalue weighted by molar-refractivity contribution is 6.32. The van der Waals surface area contributed by atoms with Gasteiger partial charge in [-0.1, -0.05) is 23.7 Å². The number of hydrogen-bond donors (Lipinski definition) is 4. The molecule has 1 saturated heterocycles. The number of aliphatic hydroxyl groups excluding tert-OH is 4. The summed E-state index contributed by atoms with van der Waals surface area (Å²) in [7, 11) is 0. The Labute approximate surface area is 185 Å². The van der Waals surface area contributed by atoms with Gasteiger partial charge < -0.3 is 34.6 Å². The SMILES string of the molecule is CCOc1ccc(Cc2cc([C@H]3O[C@@H](CO)[C@H](O)[C@@H](O)[C@@H]3O)c3c(c2Cl)CCO3)cc1. The van der Waals surface area contributed by atoms with Crippen LogP contribution in [0.25, 0.3) is 0 Å². The van der Waals surface area contributed by atoms with Crippen LogP contribution in [0.1, 0.15) is 35.3 Å². The average Bonchev–Trinajstić information content (AvgIpc) is 3.27. The number of ether oxygens (including phenoxy) is 3. The van der Waals surface area contributed by atoms with Crippen molar-refractivity contribution in [1.82, 2.24) is 0 Å². The van der Waals surface area contributed by atoms with E-state index in [1.165, 1.54) is 0 Å². The molecule has 2 aliphatic rings. The molecule has 2 aliphatic heterocycles. The topological polar surface area (TPSA) is 109 Å². The van der Waals surface area contributed by atoms with Gasteiger partial charge in [0, 0.05) is 17.5 Å². The van der Waals surface area contributed by atoms with Crippen LogP contribution >= 0.6 is 11.6 Å². The Balaban J connectivity index is 1.70. The van der Waals surface area contributed by atoms with Crippen molar-refractivity contribution in [2.24, 2.45) is 0 Å². The average molecular weight is 451 g/mol. The molecule has 0 radical (unpaired) electrons. The smallest absolute Gasteiger partial charge is 0.130 e. The third-order valence-electron chi connectivity index (χ3n) is 5.84.